The van der Waals surface area contributed by atoms with Gasteiger partial charge in [0.15, 0.2) is 0 Å². The maximum Gasteiger partial charge on any atom is 0.125 e. The Bertz CT molecular complexity index is 340. The third-order valence-electron chi connectivity index (χ3n) is 3.23. The van der Waals surface area contributed by atoms with Crippen LogP contribution in [-0.4, -0.2) is 24.8 Å². The number of benzene rings is 1. The number of halogens is 1. The number of aliphatic hydroxyl groups is 1. The fourth-order valence-corrected chi connectivity index (χ4v) is 2.39. The van der Waals surface area contributed by atoms with Crippen molar-refractivity contribution in [2.45, 2.75) is 19.3 Å². The van der Waals surface area contributed by atoms with Gasteiger partial charge in [-0.1, -0.05) is 6.07 Å². The summed E-state index contributed by atoms with van der Waals surface area (Å²) in [5.41, 5.74) is 0.961. The van der Waals surface area contributed by atoms with Crippen molar-refractivity contribution in [3.8, 4) is 0 Å². The average molecular weight is 223 g/mol. The Morgan fingerprint density at radius 2 is 2.31 bits per heavy atom. The first kappa shape index (κ1) is 11.4. The number of aliphatic hydroxyl groups excluding tert-OH is 1. The highest BCUT2D eigenvalue weighted by Gasteiger charge is 2.19. The third kappa shape index (κ3) is 2.73. The van der Waals surface area contributed by atoms with E-state index in [1.807, 2.05) is 6.07 Å². The molecule has 1 N–H and O–H groups in total. The molecule has 1 heterocycles. The number of rotatable bonds is 3. The lowest BCUT2D eigenvalue weighted by molar-refractivity contribution is 0.244. The first-order valence-corrected chi connectivity index (χ1v) is 5.91. The van der Waals surface area contributed by atoms with Gasteiger partial charge in [-0.25, -0.2) is 4.39 Å². The van der Waals surface area contributed by atoms with Gasteiger partial charge in [-0.2, -0.15) is 0 Å². The molecule has 2 nitrogen and oxygen atoms in total. The van der Waals surface area contributed by atoms with Crippen molar-refractivity contribution in [1.29, 1.82) is 0 Å². The molecule has 0 amide bonds. The quantitative estimate of drug-likeness (QED) is 0.850. The summed E-state index contributed by atoms with van der Waals surface area (Å²) in [5, 5.41) is 8.94. The molecule has 1 aromatic rings. The molecule has 2 rings (SSSR count). The van der Waals surface area contributed by atoms with Gasteiger partial charge in [0.25, 0.3) is 0 Å². The summed E-state index contributed by atoms with van der Waals surface area (Å²) >= 11 is 0. The second kappa shape index (κ2) is 5.30. The van der Waals surface area contributed by atoms with Crippen molar-refractivity contribution in [3.05, 3.63) is 30.1 Å². The molecule has 1 atom stereocenters. The van der Waals surface area contributed by atoms with Crippen LogP contribution in [0.25, 0.3) is 0 Å². The smallest absolute Gasteiger partial charge is 0.125 e. The lowest BCUT2D eigenvalue weighted by Gasteiger charge is -2.34. The zero-order valence-corrected chi connectivity index (χ0v) is 9.40. The van der Waals surface area contributed by atoms with E-state index in [1.165, 1.54) is 12.5 Å². The standard InChI is InChI=1S/C13H18FNO/c14-12-4-1-5-13(9-12)15-7-2-3-11(10-15)6-8-16/h1,4-5,9,11,16H,2-3,6-8,10H2. The Balaban J connectivity index is 2.03. The van der Waals surface area contributed by atoms with E-state index in [-0.39, 0.29) is 12.4 Å². The molecular weight excluding hydrogens is 205 g/mol. The summed E-state index contributed by atoms with van der Waals surface area (Å²) in [4.78, 5) is 2.22. The Labute approximate surface area is 95.7 Å². The highest BCUT2D eigenvalue weighted by Crippen LogP contribution is 2.25. The molecule has 3 heteroatoms. The molecule has 0 saturated carbocycles. The lowest BCUT2D eigenvalue weighted by atomic mass is 9.95. The molecule has 0 aliphatic carbocycles. The second-order valence-electron chi connectivity index (χ2n) is 4.45. The van der Waals surface area contributed by atoms with Crippen LogP contribution in [0.4, 0.5) is 10.1 Å². The van der Waals surface area contributed by atoms with Crippen molar-refractivity contribution >= 4 is 5.69 Å². The minimum Gasteiger partial charge on any atom is -0.396 e. The second-order valence-corrected chi connectivity index (χ2v) is 4.45. The topological polar surface area (TPSA) is 23.5 Å². The maximum absolute atomic E-state index is 13.1. The van der Waals surface area contributed by atoms with Gasteiger partial charge in [-0.3, -0.25) is 0 Å². The number of hydrogen-bond donors (Lipinski definition) is 1. The molecule has 1 saturated heterocycles. The molecule has 0 spiro atoms. The lowest BCUT2D eigenvalue weighted by Crippen LogP contribution is -2.35. The molecule has 0 radical (unpaired) electrons. The molecule has 16 heavy (non-hydrogen) atoms. The number of piperidine rings is 1. The SMILES string of the molecule is OCCC1CCCN(c2cccc(F)c2)C1. The van der Waals surface area contributed by atoms with Crippen LogP contribution < -0.4 is 4.90 Å². The van der Waals surface area contributed by atoms with Gasteiger partial charge >= 0.3 is 0 Å². The van der Waals surface area contributed by atoms with Crippen molar-refractivity contribution in [1.82, 2.24) is 0 Å². The van der Waals surface area contributed by atoms with Crippen LogP contribution in [0, 0.1) is 11.7 Å². The van der Waals surface area contributed by atoms with Crippen molar-refractivity contribution in [3.63, 3.8) is 0 Å². The van der Waals surface area contributed by atoms with E-state index < -0.39 is 0 Å². The minimum absolute atomic E-state index is 0.179. The van der Waals surface area contributed by atoms with E-state index >= 15 is 0 Å². The van der Waals surface area contributed by atoms with Gasteiger partial charge < -0.3 is 10.0 Å². The summed E-state index contributed by atoms with van der Waals surface area (Å²) in [6.07, 6.45) is 3.15. The van der Waals surface area contributed by atoms with E-state index in [1.54, 1.807) is 12.1 Å². The summed E-state index contributed by atoms with van der Waals surface area (Å²) in [7, 11) is 0. The van der Waals surface area contributed by atoms with Crippen LogP contribution in [0.1, 0.15) is 19.3 Å². The molecular formula is C13H18FNO. The maximum atomic E-state index is 13.1. The van der Waals surface area contributed by atoms with Gasteiger partial charge in [0, 0.05) is 25.4 Å². The van der Waals surface area contributed by atoms with Crippen LogP contribution in [0.5, 0.6) is 0 Å². The van der Waals surface area contributed by atoms with E-state index in [0.717, 1.165) is 31.6 Å². The van der Waals surface area contributed by atoms with Crippen LogP contribution in [-0.2, 0) is 0 Å². The number of hydrogen-bond acceptors (Lipinski definition) is 2. The molecule has 1 fully saturated rings. The van der Waals surface area contributed by atoms with Gasteiger partial charge in [0.2, 0.25) is 0 Å². The summed E-state index contributed by atoms with van der Waals surface area (Å²) in [6, 6.07) is 6.75. The zero-order chi connectivity index (χ0) is 11.4. The molecule has 0 aromatic heterocycles. The fraction of sp³-hybridized carbons (Fsp3) is 0.538. The first-order chi connectivity index (χ1) is 7.79. The Kier molecular flexibility index (Phi) is 3.78. The fourth-order valence-electron chi connectivity index (χ4n) is 2.39. The first-order valence-electron chi connectivity index (χ1n) is 5.91. The molecule has 1 aromatic carbocycles. The van der Waals surface area contributed by atoms with Crippen LogP contribution in [0.15, 0.2) is 24.3 Å². The van der Waals surface area contributed by atoms with Crippen molar-refractivity contribution in [2.75, 3.05) is 24.6 Å². The predicted octanol–water partition coefficient (Wildman–Crippen LogP) is 2.42. The van der Waals surface area contributed by atoms with E-state index in [0.29, 0.717) is 5.92 Å². The van der Waals surface area contributed by atoms with Crippen molar-refractivity contribution in [2.24, 2.45) is 5.92 Å². The van der Waals surface area contributed by atoms with Crippen LogP contribution in [0.3, 0.4) is 0 Å². The zero-order valence-electron chi connectivity index (χ0n) is 9.40. The monoisotopic (exact) mass is 223 g/mol. The van der Waals surface area contributed by atoms with Gasteiger partial charge in [0.05, 0.1) is 0 Å². The molecule has 1 aliphatic heterocycles. The third-order valence-corrected chi connectivity index (χ3v) is 3.23. The van der Waals surface area contributed by atoms with Gasteiger partial charge in [-0.05, 0) is 43.4 Å². The summed E-state index contributed by atoms with van der Waals surface area (Å²) in [5.74, 6) is 0.365. The van der Waals surface area contributed by atoms with E-state index in [9.17, 15) is 4.39 Å². The van der Waals surface area contributed by atoms with E-state index in [2.05, 4.69) is 4.90 Å². The Morgan fingerprint density at radius 1 is 1.44 bits per heavy atom. The average Bonchev–Trinajstić information content (AvgIpc) is 2.30. The highest BCUT2D eigenvalue weighted by molar-refractivity contribution is 5.46. The Hall–Kier alpha value is -1.09. The van der Waals surface area contributed by atoms with Crippen molar-refractivity contribution < 1.29 is 9.50 Å². The van der Waals surface area contributed by atoms with Crippen LogP contribution in [0.2, 0.25) is 0 Å². The largest absolute Gasteiger partial charge is 0.396 e. The number of anilines is 1. The normalized spacial score (nSPS) is 21.1. The molecule has 88 valence electrons. The van der Waals surface area contributed by atoms with Gasteiger partial charge in [-0.15, -0.1) is 0 Å². The van der Waals surface area contributed by atoms with E-state index in [4.69, 9.17) is 5.11 Å². The molecule has 0 bridgehead atoms. The summed E-state index contributed by atoms with van der Waals surface area (Å²) in [6.45, 7) is 2.18. The molecule has 1 aliphatic rings. The number of nitrogens with zero attached hydrogens (tertiary/aromatic N) is 1. The minimum atomic E-state index is -0.179. The highest BCUT2D eigenvalue weighted by atomic mass is 19.1. The summed E-state index contributed by atoms with van der Waals surface area (Å²) < 4.78 is 13.1. The predicted molar refractivity (Wildman–Crippen MR) is 63.0 cm³/mol. The Morgan fingerprint density at radius 3 is 3.06 bits per heavy atom. The van der Waals surface area contributed by atoms with Crippen LogP contribution >= 0.6 is 0 Å². The van der Waals surface area contributed by atoms with Gasteiger partial charge in [0.1, 0.15) is 5.82 Å². The molecule has 1 unspecified atom stereocenters.